The Kier molecular flexibility index (Phi) is 6.15. The Morgan fingerprint density at radius 1 is 1.08 bits per heavy atom. The second kappa shape index (κ2) is 7.97. The summed E-state index contributed by atoms with van der Waals surface area (Å²) in [6.07, 6.45) is 0. The van der Waals surface area contributed by atoms with Crippen LogP contribution in [0.15, 0.2) is 47.4 Å². The molecule has 0 saturated heterocycles. The van der Waals surface area contributed by atoms with E-state index in [1.807, 2.05) is 0 Å². The van der Waals surface area contributed by atoms with Gasteiger partial charge in [-0.25, -0.2) is 17.5 Å². The molecular weight excluding hydrogens is 355 g/mol. The topological polar surface area (TPSA) is 75.3 Å². The quantitative estimate of drug-likeness (QED) is 0.810. The summed E-state index contributed by atoms with van der Waals surface area (Å²) >= 11 is 0. The Bertz CT molecular complexity index is 911. The van der Waals surface area contributed by atoms with Gasteiger partial charge < -0.3 is 5.32 Å². The molecule has 2 rings (SSSR count). The lowest BCUT2D eigenvalue weighted by molar-refractivity contribution is 0.0938. The molecule has 5 nitrogen and oxygen atoms in total. The van der Waals surface area contributed by atoms with Crippen molar-refractivity contribution in [1.82, 2.24) is 10.0 Å². The highest BCUT2D eigenvalue weighted by atomic mass is 32.2. The van der Waals surface area contributed by atoms with Crippen LogP contribution < -0.4 is 10.0 Å². The SMILES string of the molecule is Cc1ccc(S(=O)(=O)NC(C)C)cc1C(=O)NC(C)c1ccccc1F. The fourth-order valence-corrected chi connectivity index (χ4v) is 3.85. The van der Waals surface area contributed by atoms with E-state index in [4.69, 9.17) is 0 Å². The second-order valence-corrected chi connectivity index (χ2v) is 8.18. The smallest absolute Gasteiger partial charge is 0.252 e. The summed E-state index contributed by atoms with van der Waals surface area (Å²) in [5, 5.41) is 2.72. The average molecular weight is 378 g/mol. The molecule has 2 aromatic rings. The minimum absolute atomic E-state index is 0.0143. The van der Waals surface area contributed by atoms with Crippen molar-refractivity contribution in [2.24, 2.45) is 0 Å². The molecule has 0 heterocycles. The van der Waals surface area contributed by atoms with Crippen molar-refractivity contribution < 1.29 is 17.6 Å². The van der Waals surface area contributed by atoms with Gasteiger partial charge in [0.25, 0.3) is 5.91 Å². The molecule has 0 fully saturated rings. The highest BCUT2D eigenvalue weighted by molar-refractivity contribution is 7.89. The zero-order valence-electron chi connectivity index (χ0n) is 15.2. The summed E-state index contributed by atoms with van der Waals surface area (Å²) in [7, 11) is -3.71. The average Bonchev–Trinajstić information content (AvgIpc) is 2.54. The summed E-state index contributed by atoms with van der Waals surface area (Å²) in [5.74, 6) is -0.866. The molecule has 2 aromatic carbocycles. The lowest BCUT2D eigenvalue weighted by atomic mass is 10.1. The van der Waals surface area contributed by atoms with Crippen LogP contribution in [-0.2, 0) is 10.0 Å². The van der Waals surface area contributed by atoms with Gasteiger partial charge in [0, 0.05) is 17.2 Å². The van der Waals surface area contributed by atoms with Gasteiger partial charge in [0.2, 0.25) is 10.0 Å². The van der Waals surface area contributed by atoms with Gasteiger partial charge in [0.15, 0.2) is 0 Å². The summed E-state index contributed by atoms with van der Waals surface area (Å²) in [6, 6.07) is 9.74. The molecule has 1 amide bonds. The van der Waals surface area contributed by atoms with Gasteiger partial charge in [-0.2, -0.15) is 0 Å². The van der Waals surface area contributed by atoms with Gasteiger partial charge in [-0.3, -0.25) is 4.79 Å². The van der Waals surface area contributed by atoms with Crippen molar-refractivity contribution in [2.45, 2.75) is 44.7 Å². The zero-order chi connectivity index (χ0) is 19.5. The molecule has 1 atom stereocenters. The van der Waals surface area contributed by atoms with E-state index in [-0.39, 0.29) is 16.5 Å². The second-order valence-electron chi connectivity index (χ2n) is 6.47. The van der Waals surface area contributed by atoms with E-state index in [1.54, 1.807) is 52.0 Å². The Labute approximate surface area is 153 Å². The maximum Gasteiger partial charge on any atom is 0.252 e. The molecule has 2 N–H and O–H groups in total. The summed E-state index contributed by atoms with van der Waals surface area (Å²) in [5.41, 5.74) is 1.23. The molecule has 0 radical (unpaired) electrons. The molecular formula is C19H23FN2O3S. The maximum atomic E-state index is 13.9. The molecule has 26 heavy (non-hydrogen) atoms. The molecule has 0 saturated carbocycles. The predicted octanol–water partition coefficient (Wildman–Crippen LogP) is 3.31. The molecule has 0 aromatic heterocycles. The molecule has 0 aliphatic rings. The van der Waals surface area contributed by atoms with Crippen LogP contribution in [0.5, 0.6) is 0 Å². The summed E-state index contributed by atoms with van der Waals surface area (Å²) in [6.45, 7) is 6.83. The number of hydrogen-bond acceptors (Lipinski definition) is 3. The van der Waals surface area contributed by atoms with Gasteiger partial charge in [-0.15, -0.1) is 0 Å². The van der Waals surface area contributed by atoms with E-state index in [1.165, 1.54) is 18.2 Å². The fraction of sp³-hybridized carbons (Fsp3) is 0.316. The first-order chi connectivity index (χ1) is 12.1. The van der Waals surface area contributed by atoms with E-state index in [2.05, 4.69) is 10.0 Å². The number of halogens is 1. The molecule has 140 valence electrons. The predicted molar refractivity (Wildman–Crippen MR) is 98.9 cm³/mol. The number of carbonyl (C=O) groups excluding carboxylic acids is 1. The van der Waals surface area contributed by atoms with Crippen LogP contribution in [0.4, 0.5) is 4.39 Å². The van der Waals surface area contributed by atoms with Gasteiger partial charge in [0.05, 0.1) is 10.9 Å². The number of benzene rings is 2. The minimum Gasteiger partial charge on any atom is -0.345 e. The third kappa shape index (κ3) is 4.68. The molecule has 7 heteroatoms. The number of rotatable bonds is 6. The molecule has 0 bridgehead atoms. The monoisotopic (exact) mass is 378 g/mol. The molecule has 0 aliphatic carbocycles. The van der Waals surface area contributed by atoms with Crippen LogP contribution in [0.3, 0.4) is 0 Å². The third-order valence-corrected chi connectivity index (χ3v) is 5.53. The van der Waals surface area contributed by atoms with Crippen LogP contribution in [0.1, 0.15) is 48.3 Å². The van der Waals surface area contributed by atoms with Crippen molar-refractivity contribution in [2.75, 3.05) is 0 Å². The largest absolute Gasteiger partial charge is 0.345 e. The minimum atomic E-state index is -3.71. The van der Waals surface area contributed by atoms with Gasteiger partial charge >= 0.3 is 0 Å². The standard InChI is InChI=1S/C19H23FN2O3S/c1-12(2)22-26(24,25)15-10-9-13(3)17(11-15)19(23)21-14(4)16-7-5-6-8-18(16)20/h5-12,14,22H,1-4H3,(H,21,23). The molecule has 1 unspecified atom stereocenters. The fourth-order valence-electron chi connectivity index (χ4n) is 2.57. The van der Waals surface area contributed by atoms with Crippen molar-refractivity contribution in [3.05, 3.63) is 65.0 Å². The lowest BCUT2D eigenvalue weighted by Crippen LogP contribution is -2.31. The van der Waals surface area contributed by atoms with E-state index in [0.29, 0.717) is 11.1 Å². The van der Waals surface area contributed by atoms with Gasteiger partial charge in [-0.1, -0.05) is 24.3 Å². The highest BCUT2D eigenvalue weighted by Crippen LogP contribution is 2.19. The van der Waals surface area contributed by atoms with Crippen molar-refractivity contribution in [3.8, 4) is 0 Å². The lowest BCUT2D eigenvalue weighted by Gasteiger charge is -2.17. The number of amides is 1. The first-order valence-corrected chi connectivity index (χ1v) is 9.78. The van der Waals surface area contributed by atoms with Crippen molar-refractivity contribution in [3.63, 3.8) is 0 Å². The van der Waals surface area contributed by atoms with E-state index >= 15 is 0 Å². The summed E-state index contributed by atoms with van der Waals surface area (Å²) in [4.78, 5) is 12.6. The number of sulfonamides is 1. The van der Waals surface area contributed by atoms with Gasteiger partial charge in [-0.05, 0) is 51.5 Å². The van der Waals surface area contributed by atoms with E-state index < -0.39 is 27.8 Å². The van der Waals surface area contributed by atoms with Crippen molar-refractivity contribution >= 4 is 15.9 Å². The number of aryl methyl sites for hydroxylation is 1. The number of carbonyl (C=O) groups is 1. The van der Waals surface area contributed by atoms with E-state index in [9.17, 15) is 17.6 Å². The Balaban J connectivity index is 2.29. The first-order valence-electron chi connectivity index (χ1n) is 8.30. The summed E-state index contributed by atoms with van der Waals surface area (Å²) < 4.78 is 41.0. The third-order valence-electron chi connectivity index (χ3n) is 3.87. The van der Waals surface area contributed by atoms with Crippen molar-refractivity contribution in [1.29, 1.82) is 0 Å². The Morgan fingerprint density at radius 2 is 1.73 bits per heavy atom. The van der Waals surface area contributed by atoms with Crippen LogP contribution in [0, 0.1) is 12.7 Å². The zero-order valence-corrected chi connectivity index (χ0v) is 16.0. The van der Waals surface area contributed by atoms with Gasteiger partial charge in [0.1, 0.15) is 5.82 Å². The Hall–Kier alpha value is -2.25. The maximum absolute atomic E-state index is 13.9. The highest BCUT2D eigenvalue weighted by Gasteiger charge is 2.20. The van der Waals surface area contributed by atoms with Crippen LogP contribution in [-0.4, -0.2) is 20.4 Å². The number of nitrogens with one attached hydrogen (secondary N) is 2. The number of hydrogen-bond donors (Lipinski definition) is 2. The van der Waals surface area contributed by atoms with E-state index in [0.717, 1.165) is 0 Å². The normalized spacial score (nSPS) is 12.8. The first kappa shape index (κ1) is 20.1. The molecule has 0 spiro atoms. The molecule has 0 aliphatic heterocycles. The van der Waals surface area contributed by atoms with Crippen LogP contribution in [0.25, 0.3) is 0 Å². The van der Waals surface area contributed by atoms with Crippen LogP contribution in [0.2, 0.25) is 0 Å². The van der Waals surface area contributed by atoms with Crippen LogP contribution >= 0.6 is 0 Å². The Morgan fingerprint density at radius 3 is 2.35 bits per heavy atom.